The summed E-state index contributed by atoms with van der Waals surface area (Å²) in [4.78, 5) is 26.0. The molecule has 0 radical (unpaired) electrons. The van der Waals surface area contributed by atoms with Crippen LogP contribution in [0.1, 0.15) is 38.2 Å². The second-order valence-electron chi connectivity index (χ2n) is 10.9. The molecule has 238 valence electrons. The van der Waals surface area contributed by atoms with Gasteiger partial charge in [0, 0.05) is 29.2 Å². The fourth-order valence-electron chi connectivity index (χ4n) is 4.40. The van der Waals surface area contributed by atoms with Crippen LogP contribution in [-0.2, 0) is 40.4 Å². The van der Waals surface area contributed by atoms with Crippen molar-refractivity contribution in [1.29, 1.82) is 0 Å². The number of benzene rings is 4. The Labute approximate surface area is 269 Å². The molecular weight excluding hydrogens is 625 g/mol. The number of sulfone groups is 2. The molecule has 0 bridgehead atoms. The normalized spacial score (nSPS) is 12.4. The number of ether oxygens (including phenoxy) is 2. The van der Waals surface area contributed by atoms with Gasteiger partial charge in [-0.2, -0.15) is 0 Å². The highest BCUT2D eigenvalue weighted by Gasteiger charge is 2.17. The highest BCUT2D eigenvalue weighted by Crippen LogP contribution is 2.33. The number of hydrogen-bond donors (Lipinski definition) is 0. The van der Waals surface area contributed by atoms with Crippen LogP contribution in [0.2, 0.25) is 0 Å². The Morgan fingerprint density at radius 1 is 0.587 bits per heavy atom. The molecular formula is C36H34O8S2. The summed E-state index contributed by atoms with van der Waals surface area (Å²) in [7, 11) is -6.87. The van der Waals surface area contributed by atoms with E-state index >= 15 is 0 Å². The van der Waals surface area contributed by atoms with Gasteiger partial charge in [-0.3, -0.25) is 9.59 Å². The zero-order valence-corrected chi connectivity index (χ0v) is 27.5. The maximum absolute atomic E-state index is 12.9. The SMILES string of the molecule is Cc1ccc(CC(=O)O/C=C(\C(=C/OCC(=O)c2ccc(S(C)(=O)=O)cc2)c2ccc(C)cc2)c2ccc(S(C)(=O)=O)cc2)cc1. The minimum Gasteiger partial charge on any atom is -0.492 e. The van der Waals surface area contributed by atoms with Gasteiger partial charge in [-0.15, -0.1) is 0 Å². The minimum absolute atomic E-state index is 0.0315. The van der Waals surface area contributed by atoms with E-state index in [2.05, 4.69) is 0 Å². The molecule has 0 N–H and O–H groups in total. The quantitative estimate of drug-likeness (QED) is 0.0766. The van der Waals surface area contributed by atoms with Crippen molar-refractivity contribution in [2.24, 2.45) is 0 Å². The van der Waals surface area contributed by atoms with Gasteiger partial charge >= 0.3 is 5.97 Å². The molecule has 0 heterocycles. The lowest BCUT2D eigenvalue weighted by Crippen LogP contribution is -2.08. The number of allylic oxidation sites excluding steroid dienone is 2. The molecule has 0 aliphatic carbocycles. The van der Waals surface area contributed by atoms with E-state index in [0.29, 0.717) is 22.3 Å². The van der Waals surface area contributed by atoms with Crippen molar-refractivity contribution >= 4 is 42.6 Å². The highest BCUT2D eigenvalue weighted by molar-refractivity contribution is 7.91. The van der Waals surface area contributed by atoms with Crippen molar-refractivity contribution in [1.82, 2.24) is 0 Å². The summed E-state index contributed by atoms with van der Waals surface area (Å²) in [6, 6.07) is 26.7. The summed E-state index contributed by atoms with van der Waals surface area (Å²) in [5.74, 6) is -0.891. The first-order valence-corrected chi connectivity index (χ1v) is 18.0. The fourth-order valence-corrected chi connectivity index (χ4v) is 5.66. The van der Waals surface area contributed by atoms with E-state index in [0.717, 1.165) is 29.2 Å². The van der Waals surface area contributed by atoms with Gasteiger partial charge in [-0.05, 0) is 66.9 Å². The van der Waals surface area contributed by atoms with Crippen molar-refractivity contribution in [3.05, 3.63) is 143 Å². The molecule has 0 aliphatic heterocycles. The zero-order chi connectivity index (χ0) is 33.5. The lowest BCUT2D eigenvalue weighted by molar-refractivity contribution is -0.137. The van der Waals surface area contributed by atoms with Gasteiger partial charge in [-0.25, -0.2) is 16.8 Å². The fraction of sp³-hybridized carbons (Fsp3) is 0.167. The van der Waals surface area contributed by atoms with Crippen molar-refractivity contribution in [2.75, 3.05) is 19.1 Å². The molecule has 0 unspecified atom stereocenters. The van der Waals surface area contributed by atoms with E-state index in [-0.39, 0.29) is 34.2 Å². The first-order chi connectivity index (χ1) is 21.7. The van der Waals surface area contributed by atoms with Gasteiger partial charge in [0.05, 0.1) is 22.5 Å². The Hall–Kier alpha value is -4.80. The van der Waals surface area contributed by atoms with Crippen LogP contribution in [0, 0.1) is 13.8 Å². The van der Waals surface area contributed by atoms with Crippen LogP contribution >= 0.6 is 0 Å². The molecule has 4 rings (SSSR count). The van der Waals surface area contributed by atoms with Crippen LogP contribution in [0.15, 0.2) is 119 Å². The number of aryl methyl sites for hydroxylation is 2. The number of hydrogen-bond acceptors (Lipinski definition) is 8. The summed E-state index contributed by atoms with van der Waals surface area (Å²) in [6.07, 6.45) is 4.92. The third kappa shape index (κ3) is 9.35. The predicted molar refractivity (Wildman–Crippen MR) is 177 cm³/mol. The Kier molecular flexibility index (Phi) is 10.8. The largest absolute Gasteiger partial charge is 0.492 e. The van der Waals surface area contributed by atoms with E-state index in [1.807, 2.05) is 62.4 Å². The topological polar surface area (TPSA) is 121 Å². The molecule has 4 aromatic carbocycles. The molecule has 0 atom stereocenters. The summed E-state index contributed by atoms with van der Waals surface area (Å²) in [6.45, 7) is 3.53. The smallest absolute Gasteiger partial charge is 0.315 e. The number of esters is 1. The number of ketones is 1. The molecule has 46 heavy (non-hydrogen) atoms. The Balaban J connectivity index is 1.70. The van der Waals surface area contributed by atoms with Crippen molar-refractivity contribution in [2.45, 2.75) is 30.1 Å². The Bertz CT molecular complexity index is 1990. The molecule has 0 saturated carbocycles. The summed E-state index contributed by atoms with van der Waals surface area (Å²) in [5.41, 5.74) is 5.22. The van der Waals surface area contributed by atoms with Gasteiger partial charge in [0.25, 0.3) is 0 Å². The van der Waals surface area contributed by atoms with Crippen LogP contribution in [-0.4, -0.2) is 47.7 Å². The molecule has 0 aromatic heterocycles. The molecule has 0 aliphatic rings. The van der Waals surface area contributed by atoms with Crippen LogP contribution in [0.5, 0.6) is 0 Å². The summed E-state index contributed by atoms with van der Waals surface area (Å²) >= 11 is 0. The zero-order valence-electron chi connectivity index (χ0n) is 25.9. The molecule has 8 nitrogen and oxygen atoms in total. The molecule has 0 saturated heterocycles. The van der Waals surface area contributed by atoms with E-state index in [1.165, 1.54) is 48.9 Å². The van der Waals surface area contributed by atoms with Gasteiger partial charge in [0.15, 0.2) is 32.1 Å². The lowest BCUT2D eigenvalue weighted by Gasteiger charge is -2.15. The van der Waals surface area contributed by atoms with E-state index in [9.17, 15) is 26.4 Å². The summed E-state index contributed by atoms with van der Waals surface area (Å²) in [5, 5.41) is 0. The van der Waals surface area contributed by atoms with Crippen LogP contribution in [0.3, 0.4) is 0 Å². The first-order valence-electron chi connectivity index (χ1n) is 14.2. The van der Waals surface area contributed by atoms with Crippen molar-refractivity contribution in [3.8, 4) is 0 Å². The van der Waals surface area contributed by atoms with E-state index < -0.39 is 25.6 Å². The molecule has 0 fully saturated rings. The minimum atomic E-state index is -3.46. The average molecular weight is 659 g/mol. The molecule has 10 heteroatoms. The second-order valence-corrected chi connectivity index (χ2v) is 14.9. The predicted octanol–water partition coefficient (Wildman–Crippen LogP) is 6.18. The van der Waals surface area contributed by atoms with Gasteiger partial charge < -0.3 is 9.47 Å². The summed E-state index contributed by atoms with van der Waals surface area (Å²) < 4.78 is 59.2. The van der Waals surface area contributed by atoms with Crippen LogP contribution in [0.4, 0.5) is 0 Å². The van der Waals surface area contributed by atoms with Gasteiger partial charge in [0.2, 0.25) is 0 Å². The lowest BCUT2D eigenvalue weighted by atomic mass is 9.93. The maximum Gasteiger partial charge on any atom is 0.315 e. The number of carbonyl (C=O) groups excluding carboxylic acids is 2. The van der Waals surface area contributed by atoms with Crippen LogP contribution in [0.25, 0.3) is 11.1 Å². The third-order valence-corrected chi connectivity index (χ3v) is 9.30. The van der Waals surface area contributed by atoms with Gasteiger partial charge in [0.1, 0.15) is 6.26 Å². The number of rotatable bonds is 12. The number of Topliss-reactive ketones (excluding diaryl/α,β-unsaturated/α-hetero) is 1. The van der Waals surface area contributed by atoms with E-state index in [4.69, 9.17) is 9.47 Å². The average Bonchev–Trinajstić information content (AvgIpc) is 3.01. The third-order valence-electron chi connectivity index (χ3n) is 7.04. The van der Waals surface area contributed by atoms with Crippen molar-refractivity contribution in [3.63, 3.8) is 0 Å². The molecule has 0 spiro atoms. The van der Waals surface area contributed by atoms with Crippen molar-refractivity contribution < 1.29 is 35.9 Å². The molecule has 4 aromatic rings. The second kappa shape index (κ2) is 14.5. The number of carbonyl (C=O) groups is 2. The first kappa shape index (κ1) is 34.1. The van der Waals surface area contributed by atoms with E-state index in [1.54, 1.807) is 12.1 Å². The molecule has 0 amide bonds. The standard InChI is InChI=1S/C36H34O8S2/c1-25-5-9-27(10-6-25)21-36(38)44-23-34(29-13-17-31(18-14-29)45(3,39)40)33(28-11-7-26(2)8-12-28)22-43-24-35(37)30-15-19-32(20-16-30)46(4,41)42/h5-20,22-23H,21,24H2,1-4H3/b33-22-,34-23-. The maximum atomic E-state index is 12.9. The highest BCUT2D eigenvalue weighted by atomic mass is 32.2. The van der Waals surface area contributed by atoms with Gasteiger partial charge in [-0.1, -0.05) is 71.8 Å². The monoisotopic (exact) mass is 658 g/mol. The Morgan fingerprint density at radius 2 is 1.00 bits per heavy atom. The Morgan fingerprint density at radius 3 is 1.48 bits per heavy atom. The van der Waals surface area contributed by atoms with Crippen LogP contribution < -0.4 is 0 Å².